The fourth-order valence-electron chi connectivity index (χ4n) is 1.51. The lowest BCUT2D eigenvalue weighted by molar-refractivity contribution is 0.175. The highest BCUT2D eigenvalue weighted by Crippen LogP contribution is 2.22. The zero-order valence-corrected chi connectivity index (χ0v) is 11.1. The van der Waals surface area contributed by atoms with Crippen molar-refractivity contribution in [1.29, 1.82) is 5.26 Å². The Labute approximate surface area is 111 Å². The van der Waals surface area contributed by atoms with E-state index in [9.17, 15) is 0 Å². The van der Waals surface area contributed by atoms with Gasteiger partial charge in [-0.1, -0.05) is 19.0 Å². The molecule has 5 heteroatoms. The molecule has 0 unspecified atom stereocenters. The lowest BCUT2D eigenvalue weighted by Crippen LogP contribution is -2.04. The lowest BCUT2D eigenvalue weighted by Gasteiger charge is -2.10. The van der Waals surface area contributed by atoms with Crippen LogP contribution in [-0.2, 0) is 0 Å². The lowest BCUT2D eigenvalue weighted by atomic mass is 10.2. The molecule has 0 amide bonds. The Morgan fingerprint density at radius 2 is 1.89 bits per heavy atom. The Morgan fingerprint density at radius 3 is 2.42 bits per heavy atom. The number of benzene rings is 1. The van der Waals surface area contributed by atoms with Crippen LogP contribution in [0.5, 0.6) is 5.75 Å². The highest BCUT2D eigenvalue weighted by atomic mass is 16.5. The minimum atomic E-state index is -0.326. The average Bonchev–Trinajstić information content (AvgIpc) is 2.89. The first-order valence-electron chi connectivity index (χ1n) is 6.10. The van der Waals surface area contributed by atoms with Crippen LogP contribution in [0.3, 0.4) is 0 Å². The summed E-state index contributed by atoms with van der Waals surface area (Å²) >= 11 is 0. The van der Waals surface area contributed by atoms with Crippen LogP contribution in [0.25, 0.3) is 0 Å². The van der Waals surface area contributed by atoms with Crippen molar-refractivity contribution in [2.24, 2.45) is 0 Å². The largest absolute Gasteiger partial charge is 0.481 e. The average molecular weight is 257 g/mol. The highest BCUT2D eigenvalue weighted by Gasteiger charge is 2.17. The van der Waals surface area contributed by atoms with Crippen molar-refractivity contribution < 1.29 is 9.26 Å². The number of hydrogen-bond donors (Lipinski definition) is 0. The van der Waals surface area contributed by atoms with Gasteiger partial charge in [0, 0.05) is 5.92 Å². The summed E-state index contributed by atoms with van der Waals surface area (Å²) in [6, 6.07) is 8.96. The Bertz CT molecular complexity index is 581. The summed E-state index contributed by atoms with van der Waals surface area (Å²) in [4.78, 5) is 4.28. The second-order valence-corrected chi connectivity index (χ2v) is 4.54. The van der Waals surface area contributed by atoms with Crippen molar-refractivity contribution in [3.8, 4) is 11.8 Å². The molecule has 1 atom stereocenters. The highest BCUT2D eigenvalue weighted by molar-refractivity contribution is 5.34. The van der Waals surface area contributed by atoms with Gasteiger partial charge in [0.2, 0.25) is 0 Å². The predicted molar refractivity (Wildman–Crippen MR) is 68.6 cm³/mol. The first kappa shape index (κ1) is 13.1. The van der Waals surface area contributed by atoms with Crippen molar-refractivity contribution in [3.05, 3.63) is 41.5 Å². The summed E-state index contributed by atoms with van der Waals surface area (Å²) in [6.45, 7) is 5.84. The van der Waals surface area contributed by atoms with Gasteiger partial charge in [-0.15, -0.1) is 0 Å². The molecular weight excluding hydrogens is 242 g/mol. The second kappa shape index (κ2) is 5.53. The van der Waals surface area contributed by atoms with Gasteiger partial charge in [-0.2, -0.15) is 10.2 Å². The minimum Gasteiger partial charge on any atom is -0.481 e. The zero-order chi connectivity index (χ0) is 13.8. The van der Waals surface area contributed by atoms with Crippen molar-refractivity contribution in [1.82, 2.24) is 10.1 Å². The van der Waals surface area contributed by atoms with E-state index in [0.29, 0.717) is 23.0 Å². The second-order valence-electron chi connectivity index (χ2n) is 4.54. The summed E-state index contributed by atoms with van der Waals surface area (Å²) in [6.07, 6.45) is -0.326. The molecule has 0 spiro atoms. The predicted octanol–water partition coefficient (Wildman–Crippen LogP) is 3.20. The molecule has 19 heavy (non-hydrogen) atoms. The van der Waals surface area contributed by atoms with E-state index in [2.05, 4.69) is 16.2 Å². The summed E-state index contributed by atoms with van der Waals surface area (Å²) in [5.41, 5.74) is 0.597. The first-order chi connectivity index (χ1) is 9.10. The molecule has 0 saturated carbocycles. The number of nitriles is 1. The summed E-state index contributed by atoms with van der Waals surface area (Å²) in [7, 11) is 0. The number of ether oxygens (including phenoxy) is 1. The van der Waals surface area contributed by atoms with E-state index in [0.717, 1.165) is 0 Å². The number of rotatable bonds is 4. The molecule has 0 saturated heterocycles. The van der Waals surface area contributed by atoms with Gasteiger partial charge >= 0.3 is 0 Å². The van der Waals surface area contributed by atoms with E-state index in [1.165, 1.54) is 0 Å². The smallest absolute Gasteiger partial charge is 0.267 e. The third-order valence-corrected chi connectivity index (χ3v) is 2.62. The van der Waals surface area contributed by atoms with Gasteiger partial charge in [-0.25, -0.2) is 0 Å². The first-order valence-corrected chi connectivity index (χ1v) is 6.10. The topological polar surface area (TPSA) is 71.9 Å². The molecule has 98 valence electrons. The molecular formula is C14H15N3O2. The fraction of sp³-hybridized carbons (Fsp3) is 0.357. The summed E-state index contributed by atoms with van der Waals surface area (Å²) < 4.78 is 10.9. The third-order valence-electron chi connectivity index (χ3n) is 2.62. The standard InChI is InChI=1S/C14H15N3O2/c1-9(2)13-16-14(19-17-13)10(3)18-12-6-4-11(8-15)5-7-12/h4-7,9-10H,1-3H3/t10-/m0/s1. The van der Waals surface area contributed by atoms with Crippen LogP contribution in [0.1, 0.15) is 50.1 Å². The van der Waals surface area contributed by atoms with Gasteiger partial charge in [-0.05, 0) is 31.2 Å². The monoisotopic (exact) mass is 257 g/mol. The minimum absolute atomic E-state index is 0.222. The Kier molecular flexibility index (Phi) is 3.81. The molecule has 0 fully saturated rings. The molecule has 1 aromatic carbocycles. The van der Waals surface area contributed by atoms with E-state index >= 15 is 0 Å². The molecule has 0 aliphatic rings. The van der Waals surface area contributed by atoms with Crippen molar-refractivity contribution in [3.63, 3.8) is 0 Å². The van der Waals surface area contributed by atoms with Crippen molar-refractivity contribution in [2.75, 3.05) is 0 Å². The van der Waals surface area contributed by atoms with E-state index in [-0.39, 0.29) is 12.0 Å². The van der Waals surface area contributed by atoms with Gasteiger partial charge in [-0.3, -0.25) is 0 Å². The summed E-state index contributed by atoms with van der Waals surface area (Å²) in [5, 5.41) is 12.6. The van der Waals surface area contributed by atoms with Crippen molar-refractivity contribution in [2.45, 2.75) is 32.8 Å². The van der Waals surface area contributed by atoms with E-state index in [1.807, 2.05) is 20.8 Å². The third kappa shape index (κ3) is 3.10. The molecule has 0 aliphatic carbocycles. The van der Waals surface area contributed by atoms with Gasteiger partial charge in [0.25, 0.3) is 5.89 Å². The van der Waals surface area contributed by atoms with Crippen LogP contribution >= 0.6 is 0 Å². The van der Waals surface area contributed by atoms with E-state index in [4.69, 9.17) is 14.5 Å². The van der Waals surface area contributed by atoms with Gasteiger partial charge in [0.15, 0.2) is 11.9 Å². The summed E-state index contributed by atoms with van der Waals surface area (Å²) in [5.74, 6) is 2.01. The molecule has 2 aromatic rings. The van der Waals surface area contributed by atoms with Crippen LogP contribution in [-0.4, -0.2) is 10.1 Å². The SMILES string of the molecule is CC(C)c1noc([C@H](C)Oc2ccc(C#N)cc2)n1. The fourth-order valence-corrected chi connectivity index (χ4v) is 1.51. The Hall–Kier alpha value is -2.35. The number of hydrogen-bond acceptors (Lipinski definition) is 5. The van der Waals surface area contributed by atoms with Gasteiger partial charge in [0.1, 0.15) is 5.75 Å². The maximum atomic E-state index is 8.72. The van der Waals surface area contributed by atoms with Crippen LogP contribution in [0, 0.1) is 11.3 Å². The molecule has 0 aliphatic heterocycles. The van der Waals surface area contributed by atoms with Crippen LogP contribution < -0.4 is 4.74 Å². The molecule has 5 nitrogen and oxygen atoms in total. The Morgan fingerprint density at radius 1 is 1.21 bits per heavy atom. The van der Waals surface area contributed by atoms with Crippen LogP contribution in [0.4, 0.5) is 0 Å². The molecule has 2 rings (SSSR count). The van der Waals surface area contributed by atoms with Crippen LogP contribution in [0.2, 0.25) is 0 Å². The van der Waals surface area contributed by atoms with E-state index < -0.39 is 0 Å². The molecule has 0 bridgehead atoms. The molecule has 1 aromatic heterocycles. The molecule has 0 radical (unpaired) electrons. The van der Waals surface area contributed by atoms with Crippen LogP contribution in [0.15, 0.2) is 28.8 Å². The maximum absolute atomic E-state index is 8.72. The number of aromatic nitrogens is 2. The number of nitrogens with zero attached hydrogens (tertiary/aromatic N) is 3. The van der Waals surface area contributed by atoms with E-state index in [1.54, 1.807) is 24.3 Å². The molecule has 0 N–H and O–H groups in total. The molecule has 1 heterocycles. The quantitative estimate of drug-likeness (QED) is 0.841. The van der Waals surface area contributed by atoms with Gasteiger partial charge in [0.05, 0.1) is 11.6 Å². The zero-order valence-electron chi connectivity index (χ0n) is 11.1. The normalized spacial score (nSPS) is 12.2. The Balaban J connectivity index is 2.07. The van der Waals surface area contributed by atoms with Gasteiger partial charge < -0.3 is 9.26 Å². The van der Waals surface area contributed by atoms with Crippen molar-refractivity contribution >= 4 is 0 Å². The maximum Gasteiger partial charge on any atom is 0.267 e.